The molecule has 17 heavy (non-hydrogen) atoms. The van der Waals surface area contributed by atoms with Gasteiger partial charge in [-0.3, -0.25) is 0 Å². The molecule has 0 unspecified atom stereocenters. The molecule has 0 aromatic heterocycles. The fourth-order valence-corrected chi connectivity index (χ4v) is 1.18. The van der Waals surface area contributed by atoms with Crippen molar-refractivity contribution in [2.75, 3.05) is 6.61 Å². The molecule has 0 N–H and O–H groups in total. The van der Waals surface area contributed by atoms with Crippen LogP contribution in [-0.2, 0) is 16.0 Å². The van der Waals surface area contributed by atoms with E-state index in [1.165, 1.54) is 6.07 Å². The number of benzene rings is 1. The van der Waals surface area contributed by atoms with E-state index in [1.54, 1.807) is 13.8 Å². The van der Waals surface area contributed by atoms with Gasteiger partial charge in [0.15, 0.2) is 0 Å². The van der Waals surface area contributed by atoms with Gasteiger partial charge in [-0.2, -0.15) is 18.1 Å². The Labute approximate surface area is 96.8 Å². The van der Waals surface area contributed by atoms with Crippen molar-refractivity contribution >= 4 is 12.1 Å². The minimum Gasteiger partial charge on any atom is -0.325 e. The van der Waals surface area contributed by atoms with E-state index in [2.05, 4.69) is 14.8 Å². The van der Waals surface area contributed by atoms with Crippen molar-refractivity contribution in [3.05, 3.63) is 29.3 Å². The van der Waals surface area contributed by atoms with E-state index < -0.39 is 11.7 Å². The molecule has 0 aliphatic rings. The predicted octanol–water partition coefficient (Wildman–Crippen LogP) is 3.64. The average Bonchev–Trinajstić information content (AvgIpc) is 2.22. The van der Waals surface area contributed by atoms with Gasteiger partial charge < -0.3 is 4.89 Å². The van der Waals surface area contributed by atoms with Crippen molar-refractivity contribution in [1.82, 2.24) is 0 Å². The fourth-order valence-electron chi connectivity index (χ4n) is 1.18. The van der Waals surface area contributed by atoms with Gasteiger partial charge in [-0.15, -0.1) is 0 Å². The quantitative estimate of drug-likeness (QED) is 0.267. The number of aryl methyl sites for hydroxylation is 1. The Morgan fingerprint density at radius 3 is 2.59 bits per heavy atom. The zero-order valence-electron chi connectivity index (χ0n) is 9.41. The third-order valence-electron chi connectivity index (χ3n) is 1.82. The summed E-state index contributed by atoms with van der Waals surface area (Å²) in [5.41, 5.74) is -0.0959. The molecule has 1 aromatic rings. The number of rotatable bonds is 4. The number of hydrogen-bond donors (Lipinski definition) is 0. The number of hydrogen-bond acceptors (Lipinski definition) is 3. The molecule has 3 nitrogen and oxygen atoms in total. The van der Waals surface area contributed by atoms with Crippen LogP contribution in [0.3, 0.4) is 0 Å². The maximum atomic E-state index is 12.5. The fraction of sp³-hybridized carbons (Fsp3) is 0.364. The Kier molecular flexibility index (Phi) is 4.51. The number of aliphatic imine (C=N–C) groups is 1. The Hall–Kier alpha value is -1.56. The van der Waals surface area contributed by atoms with Crippen molar-refractivity contribution in [1.29, 1.82) is 0 Å². The molecule has 0 spiro atoms. The second-order valence-corrected chi connectivity index (χ2v) is 3.29. The van der Waals surface area contributed by atoms with E-state index in [-0.39, 0.29) is 5.69 Å². The highest BCUT2D eigenvalue weighted by atomic mass is 19.4. The van der Waals surface area contributed by atoms with E-state index in [0.29, 0.717) is 12.2 Å². The molecule has 0 saturated carbocycles. The monoisotopic (exact) mass is 247 g/mol. The summed E-state index contributed by atoms with van der Waals surface area (Å²) >= 11 is 0. The molecule has 1 rings (SSSR count). The van der Waals surface area contributed by atoms with E-state index in [9.17, 15) is 13.2 Å². The lowest BCUT2D eigenvalue weighted by molar-refractivity contribution is -0.211. The highest BCUT2D eigenvalue weighted by molar-refractivity contribution is 5.56. The summed E-state index contributed by atoms with van der Waals surface area (Å²) in [6, 6.07) is 3.52. The molecule has 1 aromatic carbocycles. The van der Waals surface area contributed by atoms with E-state index >= 15 is 0 Å². The normalized spacial score (nSPS) is 12.1. The van der Waals surface area contributed by atoms with Crippen molar-refractivity contribution in [3.63, 3.8) is 0 Å². The number of nitrogens with zero attached hydrogens (tertiary/aromatic N) is 1. The maximum Gasteiger partial charge on any atom is 0.416 e. The van der Waals surface area contributed by atoms with Crippen LogP contribution in [0, 0.1) is 6.92 Å². The maximum absolute atomic E-state index is 12.5. The topological polar surface area (TPSA) is 30.8 Å². The van der Waals surface area contributed by atoms with Gasteiger partial charge in [0.25, 0.3) is 0 Å². The van der Waals surface area contributed by atoms with Crippen LogP contribution in [0.1, 0.15) is 18.1 Å². The molecule has 94 valence electrons. The van der Waals surface area contributed by atoms with Crippen LogP contribution in [0.2, 0.25) is 0 Å². The van der Waals surface area contributed by atoms with Gasteiger partial charge >= 0.3 is 6.18 Å². The van der Waals surface area contributed by atoms with Gasteiger partial charge in [0, 0.05) is 0 Å². The first-order valence-corrected chi connectivity index (χ1v) is 4.93. The Balaban J connectivity index is 2.87. The first kappa shape index (κ1) is 13.5. The van der Waals surface area contributed by atoms with Crippen LogP contribution in [-0.4, -0.2) is 13.0 Å². The summed E-state index contributed by atoms with van der Waals surface area (Å²) in [4.78, 5) is 12.7. The van der Waals surface area contributed by atoms with Crippen molar-refractivity contribution in [2.24, 2.45) is 4.99 Å². The van der Waals surface area contributed by atoms with Gasteiger partial charge in [-0.1, -0.05) is 0 Å². The molecule has 0 aliphatic carbocycles. The molecule has 0 radical (unpaired) electrons. The summed E-state index contributed by atoms with van der Waals surface area (Å²) in [7, 11) is 0. The lowest BCUT2D eigenvalue weighted by atomic mass is 10.1. The van der Waals surface area contributed by atoms with Crippen LogP contribution in [0.15, 0.2) is 23.2 Å². The molecule has 0 fully saturated rings. The lowest BCUT2D eigenvalue weighted by Crippen LogP contribution is -2.04. The molecule has 0 aliphatic heterocycles. The SMILES string of the molecule is CCOOC=Nc1cc(C)cc(C(F)(F)F)c1. The summed E-state index contributed by atoms with van der Waals surface area (Å²) in [6.45, 7) is 3.60. The van der Waals surface area contributed by atoms with Crippen LogP contribution in [0.4, 0.5) is 18.9 Å². The van der Waals surface area contributed by atoms with E-state index in [0.717, 1.165) is 18.5 Å². The van der Waals surface area contributed by atoms with Crippen LogP contribution >= 0.6 is 0 Å². The minimum atomic E-state index is -4.38. The van der Waals surface area contributed by atoms with E-state index in [4.69, 9.17) is 0 Å². The Morgan fingerprint density at radius 1 is 1.29 bits per heavy atom. The first-order valence-electron chi connectivity index (χ1n) is 4.93. The largest absolute Gasteiger partial charge is 0.416 e. The van der Waals surface area contributed by atoms with Gasteiger partial charge in [0.1, 0.15) is 0 Å². The zero-order valence-corrected chi connectivity index (χ0v) is 9.41. The zero-order chi connectivity index (χ0) is 12.9. The third-order valence-corrected chi connectivity index (χ3v) is 1.82. The average molecular weight is 247 g/mol. The third kappa shape index (κ3) is 4.44. The molecule has 0 atom stereocenters. The summed E-state index contributed by atoms with van der Waals surface area (Å²) in [5, 5.41) is 0. The smallest absolute Gasteiger partial charge is 0.325 e. The van der Waals surface area contributed by atoms with Crippen molar-refractivity contribution in [2.45, 2.75) is 20.0 Å². The molecule has 0 saturated heterocycles. The highest BCUT2D eigenvalue weighted by Crippen LogP contribution is 2.32. The second-order valence-electron chi connectivity index (χ2n) is 3.29. The predicted molar refractivity (Wildman–Crippen MR) is 57.0 cm³/mol. The van der Waals surface area contributed by atoms with Crippen LogP contribution < -0.4 is 0 Å². The van der Waals surface area contributed by atoms with Gasteiger partial charge in [-0.05, 0) is 37.6 Å². The molecular weight excluding hydrogens is 235 g/mol. The number of halogens is 3. The van der Waals surface area contributed by atoms with Gasteiger partial charge in [-0.25, -0.2) is 4.99 Å². The van der Waals surface area contributed by atoms with Gasteiger partial charge in [0.05, 0.1) is 17.9 Å². The lowest BCUT2D eigenvalue weighted by Gasteiger charge is -2.08. The summed E-state index contributed by atoms with van der Waals surface area (Å²) in [6.07, 6.45) is -3.42. The Bertz CT molecular complexity index is 402. The molecule has 6 heteroatoms. The summed E-state index contributed by atoms with van der Waals surface area (Å²) in [5.74, 6) is 0. The highest BCUT2D eigenvalue weighted by Gasteiger charge is 2.30. The second kappa shape index (κ2) is 5.67. The van der Waals surface area contributed by atoms with Gasteiger partial charge in [0.2, 0.25) is 6.40 Å². The molecule has 0 heterocycles. The standard InChI is InChI=1S/C11H12F3NO2/c1-3-16-17-7-15-10-5-8(2)4-9(6-10)11(12,13)14/h4-7H,3H2,1-2H3. The molecule has 0 bridgehead atoms. The first-order chi connectivity index (χ1) is 7.93. The van der Waals surface area contributed by atoms with Crippen LogP contribution in [0.25, 0.3) is 0 Å². The Morgan fingerprint density at radius 2 is 2.00 bits per heavy atom. The number of alkyl halides is 3. The minimum absolute atomic E-state index is 0.164. The van der Waals surface area contributed by atoms with Crippen LogP contribution in [0.5, 0.6) is 0 Å². The molecule has 0 amide bonds. The van der Waals surface area contributed by atoms with E-state index in [1.807, 2.05) is 0 Å². The molecular formula is C11H12F3NO2. The summed E-state index contributed by atoms with van der Waals surface area (Å²) < 4.78 is 37.4. The van der Waals surface area contributed by atoms with Crippen molar-refractivity contribution in [3.8, 4) is 0 Å². The van der Waals surface area contributed by atoms with Crippen molar-refractivity contribution < 1.29 is 22.9 Å².